The highest BCUT2D eigenvalue weighted by molar-refractivity contribution is 7.10. The highest BCUT2D eigenvalue weighted by Gasteiger charge is 2.29. The molecule has 1 amide bonds. The Morgan fingerprint density at radius 3 is 2.65 bits per heavy atom. The molecule has 1 saturated heterocycles. The minimum absolute atomic E-state index is 0.315. The first-order valence-electron chi connectivity index (χ1n) is 7.97. The summed E-state index contributed by atoms with van der Waals surface area (Å²) in [6.07, 6.45) is 7.65. The second kappa shape index (κ2) is 6.72. The lowest BCUT2D eigenvalue weighted by Crippen LogP contribution is -3.18. The highest BCUT2D eigenvalue weighted by Crippen LogP contribution is 2.16. The first-order chi connectivity index (χ1) is 9.83. The van der Waals surface area contributed by atoms with Crippen LogP contribution >= 0.6 is 11.3 Å². The lowest BCUT2D eigenvalue weighted by atomic mass is 9.94. The fourth-order valence-corrected chi connectivity index (χ4v) is 4.33. The normalized spacial score (nSPS) is 22.1. The van der Waals surface area contributed by atoms with Crippen LogP contribution in [-0.4, -0.2) is 43.0 Å². The number of nitrogens with one attached hydrogen (secondary N) is 1. The van der Waals surface area contributed by atoms with Crippen LogP contribution in [0.15, 0.2) is 17.5 Å². The molecule has 0 bridgehead atoms. The van der Waals surface area contributed by atoms with Gasteiger partial charge in [0.1, 0.15) is 0 Å². The van der Waals surface area contributed by atoms with Crippen molar-refractivity contribution < 1.29 is 9.69 Å². The summed E-state index contributed by atoms with van der Waals surface area (Å²) in [5.41, 5.74) is 0. The lowest BCUT2D eigenvalue weighted by Gasteiger charge is -2.38. The zero-order chi connectivity index (χ0) is 13.8. The number of quaternary nitrogens is 1. The summed E-state index contributed by atoms with van der Waals surface area (Å²) >= 11 is 1.69. The van der Waals surface area contributed by atoms with Gasteiger partial charge in [0, 0.05) is 4.88 Å². The number of carbonyl (C=O) groups excluding carboxylic acids is 1. The van der Waals surface area contributed by atoms with Gasteiger partial charge in [0.25, 0.3) is 0 Å². The van der Waals surface area contributed by atoms with Gasteiger partial charge in [-0.3, -0.25) is 4.79 Å². The molecule has 3 nitrogen and oxygen atoms in total. The van der Waals surface area contributed by atoms with E-state index in [0.717, 1.165) is 32.2 Å². The van der Waals surface area contributed by atoms with Crippen molar-refractivity contribution in [2.75, 3.05) is 26.2 Å². The Labute approximate surface area is 125 Å². The molecule has 2 aliphatic rings. The summed E-state index contributed by atoms with van der Waals surface area (Å²) in [6, 6.07) is 4.96. The SMILES string of the molecule is O=C(Cc1cccs1)N1CC[NH+](C2CCCCC2)CC1. The van der Waals surface area contributed by atoms with Crippen LogP contribution < -0.4 is 4.90 Å². The number of hydrogen-bond acceptors (Lipinski definition) is 2. The standard InChI is InChI=1S/C16H24N2OS/c19-16(13-15-7-4-12-20-15)18-10-8-17(9-11-18)14-5-2-1-3-6-14/h4,7,12,14H,1-3,5-6,8-11,13H2/p+1. The van der Waals surface area contributed by atoms with Crippen LogP contribution in [0.3, 0.4) is 0 Å². The summed E-state index contributed by atoms with van der Waals surface area (Å²) < 4.78 is 0. The maximum Gasteiger partial charge on any atom is 0.228 e. The molecule has 110 valence electrons. The maximum atomic E-state index is 12.3. The summed E-state index contributed by atoms with van der Waals surface area (Å²) in [5.74, 6) is 0.315. The average Bonchev–Trinajstić information content (AvgIpc) is 3.01. The number of hydrogen-bond donors (Lipinski definition) is 1. The molecule has 3 rings (SSSR count). The predicted octanol–water partition coefficient (Wildman–Crippen LogP) is 1.35. The van der Waals surface area contributed by atoms with Crippen molar-refractivity contribution >= 4 is 17.2 Å². The quantitative estimate of drug-likeness (QED) is 0.894. The van der Waals surface area contributed by atoms with Gasteiger partial charge in [-0.05, 0) is 37.1 Å². The van der Waals surface area contributed by atoms with Gasteiger partial charge < -0.3 is 9.80 Å². The first-order valence-corrected chi connectivity index (χ1v) is 8.85. The zero-order valence-corrected chi connectivity index (χ0v) is 13.0. The van der Waals surface area contributed by atoms with Crippen molar-refractivity contribution in [2.24, 2.45) is 0 Å². The fraction of sp³-hybridized carbons (Fsp3) is 0.688. The molecule has 1 saturated carbocycles. The maximum absolute atomic E-state index is 12.3. The van der Waals surface area contributed by atoms with Crippen molar-refractivity contribution in [3.63, 3.8) is 0 Å². The van der Waals surface area contributed by atoms with Crippen LogP contribution in [0.5, 0.6) is 0 Å². The van der Waals surface area contributed by atoms with E-state index < -0.39 is 0 Å². The molecule has 1 aliphatic carbocycles. The van der Waals surface area contributed by atoms with Gasteiger partial charge in [-0.25, -0.2) is 0 Å². The Kier molecular flexibility index (Phi) is 4.73. The van der Waals surface area contributed by atoms with Crippen molar-refractivity contribution in [1.29, 1.82) is 0 Å². The number of carbonyl (C=O) groups is 1. The van der Waals surface area contributed by atoms with E-state index in [0.29, 0.717) is 12.3 Å². The largest absolute Gasteiger partial charge is 0.331 e. The molecule has 2 heterocycles. The molecule has 4 heteroatoms. The average molecular weight is 293 g/mol. The fourth-order valence-electron chi connectivity index (χ4n) is 3.64. The highest BCUT2D eigenvalue weighted by atomic mass is 32.1. The number of rotatable bonds is 3. The third-order valence-electron chi connectivity index (χ3n) is 4.85. The molecule has 0 spiro atoms. The van der Waals surface area contributed by atoms with Gasteiger partial charge in [-0.2, -0.15) is 0 Å². The topological polar surface area (TPSA) is 24.8 Å². The van der Waals surface area contributed by atoms with E-state index in [-0.39, 0.29) is 0 Å². The Balaban J connectivity index is 1.46. The summed E-state index contributed by atoms with van der Waals surface area (Å²) in [7, 11) is 0. The third-order valence-corrected chi connectivity index (χ3v) is 5.72. The molecular formula is C16H25N2OS+. The van der Waals surface area contributed by atoms with E-state index in [1.807, 2.05) is 11.4 Å². The Morgan fingerprint density at radius 1 is 1.25 bits per heavy atom. The molecule has 0 aromatic carbocycles. The van der Waals surface area contributed by atoms with Gasteiger partial charge in [0.05, 0.1) is 38.6 Å². The third kappa shape index (κ3) is 3.41. The number of amides is 1. The van der Waals surface area contributed by atoms with E-state index in [2.05, 4.69) is 11.0 Å². The van der Waals surface area contributed by atoms with Crippen LogP contribution in [0.1, 0.15) is 37.0 Å². The molecular weight excluding hydrogens is 268 g/mol. The van der Waals surface area contributed by atoms with Crippen molar-refractivity contribution in [3.05, 3.63) is 22.4 Å². The predicted molar refractivity (Wildman–Crippen MR) is 82.2 cm³/mol. The van der Waals surface area contributed by atoms with Crippen molar-refractivity contribution in [2.45, 2.75) is 44.6 Å². The molecule has 0 atom stereocenters. The van der Waals surface area contributed by atoms with Gasteiger partial charge >= 0.3 is 0 Å². The second-order valence-corrected chi connectivity index (χ2v) is 7.16. The summed E-state index contributed by atoms with van der Waals surface area (Å²) in [4.78, 5) is 17.3. The summed E-state index contributed by atoms with van der Waals surface area (Å²) in [6.45, 7) is 4.22. The molecule has 2 fully saturated rings. The smallest absolute Gasteiger partial charge is 0.228 e. The second-order valence-electron chi connectivity index (χ2n) is 6.13. The van der Waals surface area contributed by atoms with Crippen molar-refractivity contribution in [3.8, 4) is 0 Å². The Morgan fingerprint density at radius 2 is 2.00 bits per heavy atom. The molecule has 1 aliphatic heterocycles. The zero-order valence-electron chi connectivity index (χ0n) is 12.1. The van der Waals surface area contributed by atoms with Crippen LogP contribution in [0, 0.1) is 0 Å². The number of thiophene rings is 1. The Hall–Kier alpha value is -0.870. The van der Waals surface area contributed by atoms with Gasteiger partial charge in [-0.15, -0.1) is 11.3 Å². The van der Waals surface area contributed by atoms with E-state index >= 15 is 0 Å². The minimum atomic E-state index is 0.315. The van der Waals surface area contributed by atoms with Gasteiger partial charge in [0.15, 0.2) is 0 Å². The van der Waals surface area contributed by atoms with E-state index in [1.54, 1.807) is 16.2 Å². The molecule has 1 N–H and O–H groups in total. The summed E-state index contributed by atoms with van der Waals surface area (Å²) in [5, 5.41) is 2.05. The van der Waals surface area contributed by atoms with E-state index in [9.17, 15) is 4.79 Å². The Bertz CT molecular complexity index is 418. The molecule has 0 radical (unpaired) electrons. The van der Waals surface area contributed by atoms with Crippen LogP contribution in [-0.2, 0) is 11.2 Å². The van der Waals surface area contributed by atoms with Gasteiger partial charge in [-0.1, -0.05) is 12.5 Å². The number of piperazine rings is 1. The monoisotopic (exact) mass is 293 g/mol. The van der Waals surface area contributed by atoms with Crippen molar-refractivity contribution in [1.82, 2.24) is 4.90 Å². The van der Waals surface area contributed by atoms with Crippen LogP contribution in [0.25, 0.3) is 0 Å². The van der Waals surface area contributed by atoms with Crippen LogP contribution in [0.2, 0.25) is 0 Å². The number of nitrogens with zero attached hydrogens (tertiary/aromatic N) is 1. The van der Waals surface area contributed by atoms with Crippen LogP contribution in [0.4, 0.5) is 0 Å². The molecule has 0 unspecified atom stereocenters. The molecule has 20 heavy (non-hydrogen) atoms. The minimum Gasteiger partial charge on any atom is -0.331 e. The molecule has 1 aromatic rings. The molecule has 1 aromatic heterocycles. The first kappa shape index (κ1) is 14.1. The van der Waals surface area contributed by atoms with Gasteiger partial charge in [0.2, 0.25) is 5.91 Å². The van der Waals surface area contributed by atoms with E-state index in [1.165, 1.54) is 37.0 Å². The lowest BCUT2D eigenvalue weighted by molar-refractivity contribution is -0.930. The van der Waals surface area contributed by atoms with E-state index in [4.69, 9.17) is 0 Å².